The van der Waals surface area contributed by atoms with Crippen LogP contribution in [-0.4, -0.2) is 90.8 Å². The number of hydrogen-bond acceptors (Lipinski definition) is 17. The maximum Gasteiger partial charge on any atom is 0.301 e. The van der Waals surface area contributed by atoms with Gasteiger partial charge in [-0.25, -0.2) is 9.80 Å². The number of ether oxygens (including phenoxy) is 2. The average Bonchev–Trinajstić information content (AvgIpc) is 3.64. The predicted octanol–water partition coefficient (Wildman–Crippen LogP) is 4.77. The first-order valence-corrected chi connectivity index (χ1v) is 19.1. The number of nitro groups is 4. The van der Waals surface area contributed by atoms with Gasteiger partial charge in [-0.2, -0.15) is 0 Å². The van der Waals surface area contributed by atoms with Crippen molar-refractivity contribution < 1.29 is 53.5 Å². The average molecular weight is 871 g/mol. The van der Waals surface area contributed by atoms with E-state index < -0.39 is 113 Å². The molecular formula is C40H38N8O15. The van der Waals surface area contributed by atoms with Gasteiger partial charge in [0.1, 0.15) is 0 Å². The minimum Gasteiger partial charge on any atom is -0.502 e. The molecule has 2 heterocycles. The summed E-state index contributed by atoms with van der Waals surface area (Å²) < 4.78 is 10.6. The van der Waals surface area contributed by atoms with Gasteiger partial charge in [-0.1, -0.05) is 23.8 Å². The zero-order valence-corrected chi connectivity index (χ0v) is 34.3. The number of amides is 4. The van der Waals surface area contributed by atoms with Crippen LogP contribution in [0.5, 0.6) is 17.2 Å². The molecule has 3 aromatic rings. The van der Waals surface area contributed by atoms with Crippen LogP contribution in [-0.2, 0) is 19.2 Å². The lowest BCUT2D eigenvalue weighted by Gasteiger charge is -2.42. The Morgan fingerprint density at radius 2 is 1.05 bits per heavy atom. The zero-order valence-electron chi connectivity index (χ0n) is 34.3. The number of nitro benzene ring substituents is 4. The molecule has 63 heavy (non-hydrogen) atoms. The fourth-order valence-corrected chi connectivity index (χ4v) is 9.49. The third kappa shape index (κ3) is 6.86. The Morgan fingerprint density at radius 1 is 0.635 bits per heavy atom. The van der Waals surface area contributed by atoms with Gasteiger partial charge in [0.2, 0.25) is 29.4 Å². The van der Waals surface area contributed by atoms with Crippen molar-refractivity contribution in [3.63, 3.8) is 0 Å². The smallest absolute Gasteiger partial charge is 0.301 e. The summed E-state index contributed by atoms with van der Waals surface area (Å²) >= 11 is 0. The van der Waals surface area contributed by atoms with Gasteiger partial charge in [0.05, 0.1) is 69.0 Å². The van der Waals surface area contributed by atoms with Crippen molar-refractivity contribution >= 4 is 75.2 Å². The molecule has 4 amide bonds. The first-order valence-electron chi connectivity index (χ1n) is 19.1. The van der Waals surface area contributed by atoms with E-state index in [9.17, 15) is 64.7 Å². The molecule has 2 aliphatic carbocycles. The van der Waals surface area contributed by atoms with Crippen molar-refractivity contribution in [1.82, 2.24) is 0 Å². The molecule has 0 unspecified atom stereocenters. The van der Waals surface area contributed by atoms with Gasteiger partial charge in [0, 0.05) is 58.4 Å². The van der Waals surface area contributed by atoms with Crippen LogP contribution >= 0.6 is 0 Å². The molecule has 0 radical (unpaired) electrons. The summed E-state index contributed by atoms with van der Waals surface area (Å²) in [5, 5.41) is 59.5. The molecule has 7 rings (SSSR count). The van der Waals surface area contributed by atoms with E-state index in [1.165, 1.54) is 54.5 Å². The SMILES string of the molecule is COc1cc(C=C[C@H]2C3=CC[C@@H]4C(=O)N(c5cc([N+](=O)[O-])c(N(C)C)c([N+](=O)[O-])c5)C(=O)[C@@H]4[C@@H]3C[C@H]3C(=O)N(c4cc([N+](=O)[O-])c(N(C)C)c([N+](=O)[O-])c4)C(=O)[C@@H]23)cc(OC)c1O. The number of phenolic OH excluding ortho intramolecular Hbond substituents is 1. The van der Waals surface area contributed by atoms with Crippen molar-refractivity contribution in [2.24, 2.45) is 35.5 Å². The molecule has 0 bridgehead atoms. The Bertz CT molecular complexity index is 2550. The van der Waals surface area contributed by atoms with Crippen LogP contribution in [0.2, 0.25) is 0 Å². The molecule has 2 saturated heterocycles. The van der Waals surface area contributed by atoms with E-state index in [0.717, 1.165) is 34.1 Å². The predicted molar refractivity (Wildman–Crippen MR) is 222 cm³/mol. The minimum absolute atomic E-state index is 0.0324. The highest BCUT2D eigenvalue weighted by atomic mass is 16.6. The highest BCUT2D eigenvalue weighted by Gasteiger charge is 2.62. The number of methoxy groups -OCH3 is 2. The summed E-state index contributed by atoms with van der Waals surface area (Å²) in [7, 11) is 8.05. The van der Waals surface area contributed by atoms with Crippen molar-refractivity contribution in [2.45, 2.75) is 12.8 Å². The topological polar surface area (TPSA) is 292 Å². The number of aromatic hydroxyl groups is 1. The second kappa shape index (κ2) is 15.8. The van der Waals surface area contributed by atoms with Gasteiger partial charge in [-0.3, -0.25) is 59.6 Å². The normalized spacial score (nSPS) is 22.7. The quantitative estimate of drug-likeness (QED) is 0.111. The molecule has 3 fully saturated rings. The van der Waals surface area contributed by atoms with E-state index in [4.69, 9.17) is 9.47 Å². The van der Waals surface area contributed by atoms with Crippen LogP contribution in [0.3, 0.4) is 0 Å². The molecule has 23 nitrogen and oxygen atoms in total. The van der Waals surface area contributed by atoms with Gasteiger partial charge in [-0.15, -0.1) is 0 Å². The number of carbonyl (C=O) groups is 4. The molecule has 0 spiro atoms. The monoisotopic (exact) mass is 870 g/mol. The fraction of sp³-hybridized carbons (Fsp3) is 0.350. The first kappa shape index (κ1) is 43.1. The van der Waals surface area contributed by atoms with Crippen LogP contribution in [0.4, 0.5) is 45.5 Å². The summed E-state index contributed by atoms with van der Waals surface area (Å²) in [6.45, 7) is 0. The fourth-order valence-electron chi connectivity index (χ4n) is 9.49. The Balaban J connectivity index is 1.37. The van der Waals surface area contributed by atoms with Crippen LogP contribution in [0.1, 0.15) is 18.4 Å². The second-order valence-corrected chi connectivity index (χ2v) is 15.7. The molecule has 1 N–H and O–H groups in total. The highest BCUT2D eigenvalue weighted by molar-refractivity contribution is 6.24. The second-order valence-electron chi connectivity index (χ2n) is 15.7. The number of fused-ring (bicyclic) bond motifs is 4. The van der Waals surface area contributed by atoms with E-state index in [-0.39, 0.29) is 41.5 Å². The van der Waals surface area contributed by atoms with Gasteiger partial charge in [-0.05, 0) is 36.5 Å². The number of hydrogen-bond donors (Lipinski definition) is 1. The van der Waals surface area contributed by atoms with Crippen molar-refractivity contribution in [3.05, 3.63) is 100 Å². The highest BCUT2D eigenvalue weighted by Crippen LogP contribution is 2.57. The maximum atomic E-state index is 14.7. The third-order valence-electron chi connectivity index (χ3n) is 12.0. The number of anilines is 4. The lowest BCUT2D eigenvalue weighted by atomic mass is 9.58. The van der Waals surface area contributed by atoms with Crippen LogP contribution in [0, 0.1) is 76.0 Å². The number of imide groups is 2. The summed E-state index contributed by atoms with van der Waals surface area (Å²) in [5.74, 6) is -10.3. The molecule has 0 aromatic heterocycles. The van der Waals surface area contributed by atoms with Gasteiger partial charge in [0.15, 0.2) is 22.9 Å². The Kier molecular flexibility index (Phi) is 10.8. The van der Waals surface area contributed by atoms with Crippen LogP contribution in [0.15, 0.2) is 54.1 Å². The number of benzene rings is 3. The molecule has 1 saturated carbocycles. The maximum absolute atomic E-state index is 14.7. The number of nitrogens with zero attached hydrogens (tertiary/aromatic N) is 8. The van der Waals surface area contributed by atoms with Crippen molar-refractivity contribution in [3.8, 4) is 17.2 Å². The molecule has 6 atom stereocenters. The third-order valence-corrected chi connectivity index (χ3v) is 12.0. The van der Waals surface area contributed by atoms with E-state index in [2.05, 4.69) is 0 Å². The van der Waals surface area contributed by atoms with Crippen molar-refractivity contribution in [2.75, 3.05) is 62.0 Å². The summed E-state index contributed by atoms with van der Waals surface area (Å²) in [4.78, 5) is 107. The molecule has 3 aromatic carbocycles. The molecule has 2 aliphatic heterocycles. The minimum atomic E-state index is -1.25. The molecule has 4 aliphatic rings. The standard InChI is InChI=1S/C40H38N8O15/c1-41(2)34-26(45(54)55)13-19(14-27(34)46(56)57)43-37(50)23-10-9-21-22(8-7-18-11-30(62-5)36(49)31(12-18)63-6)32-25(17-24(21)33(23)40(43)53)38(51)44(39(32)52)20-15-28(47(58)59)35(42(3)4)29(16-20)48(60)61/h7-9,11-16,22-25,32-33,49H,10,17H2,1-6H3/t22-,23-,24+,25+,32-,33-/m0/s1. The Hall–Kier alpha value is -7.98. The summed E-state index contributed by atoms with van der Waals surface area (Å²) in [5.41, 5.74) is -3.69. The first-order chi connectivity index (χ1) is 29.7. The van der Waals surface area contributed by atoms with Gasteiger partial charge < -0.3 is 24.4 Å². The lowest BCUT2D eigenvalue weighted by molar-refractivity contribution is -0.392. The summed E-state index contributed by atoms with van der Waals surface area (Å²) in [6, 6.07) is 6.54. The van der Waals surface area contributed by atoms with E-state index in [1.54, 1.807) is 18.2 Å². The Labute approximate surface area is 355 Å². The number of allylic oxidation sites excluding steroid dienone is 3. The largest absolute Gasteiger partial charge is 0.502 e. The number of rotatable bonds is 12. The van der Waals surface area contributed by atoms with E-state index in [1.807, 2.05) is 0 Å². The lowest BCUT2D eigenvalue weighted by Crippen LogP contribution is -2.43. The Morgan fingerprint density at radius 3 is 1.44 bits per heavy atom. The summed E-state index contributed by atoms with van der Waals surface area (Å²) in [6.07, 6.45) is 4.53. The van der Waals surface area contributed by atoms with Crippen LogP contribution < -0.4 is 29.1 Å². The van der Waals surface area contributed by atoms with Crippen LogP contribution in [0.25, 0.3) is 6.08 Å². The molecular weight excluding hydrogens is 832 g/mol. The van der Waals surface area contributed by atoms with E-state index >= 15 is 0 Å². The molecule has 328 valence electrons. The number of phenols is 1. The van der Waals surface area contributed by atoms with Gasteiger partial charge >= 0.3 is 22.7 Å². The van der Waals surface area contributed by atoms with Gasteiger partial charge in [0.25, 0.3) is 0 Å². The molecule has 23 heteroatoms. The van der Waals surface area contributed by atoms with E-state index in [0.29, 0.717) is 20.9 Å². The zero-order chi connectivity index (χ0) is 46.1. The number of carbonyl (C=O) groups excluding carboxylic acids is 4. The van der Waals surface area contributed by atoms with Crippen molar-refractivity contribution in [1.29, 1.82) is 0 Å².